The summed E-state index contributed by atoms with van der Waals surface area (Å²) in [4.78, 5) is 0. The molecule has 1 rings (SSSR count). The van der Waals surface area contributed by atoms with E-state index in [9.17, 15) is 0 Å². The fourth-order valence-corrected chi connectivity index (χ4v) is 1.17. The van der Waals surface area contributed by atoms with Gasteiger partial charge in [0.05, 0.1) is 18.0 Å². The third-order valence-electron chi connectivity index (χ3n) is 1.73. The SMILES string of the molecule is CCNc1cccc(OCC)c1N. The van der Waals surface area contributed by atoms with E-state index in [1.807, 2.05) is 32.0 Å². The smallest absolute Gasteiger partial charge is 0.144 e. The first kappa shape index (κ1) is 9.71. The van der Waals surface area contributed by atoms with Crippen molar-refractivity contribution in [2.45, 2.75) is 13.8 Å². The van der Waals surface area contributed by atoms with Crippen molar-refractivity contribution < 1.29 is 4.74 Å². The largest absolute Gasteiger partial charge is 0.492 e. The van der Waals surface area contributed by atoms with E-state index in [2.05, 4.69) is 5.32 Å². The van der Waals surface area contributed by atoms with E-state index in [1.54, 1.807) is 0 Å². The molecule has 0 heterocycles. The maximum absolute atomic E-state index is 5.87. The fraction of sp³-hybridized carbons (Fsp3) is 0.400. The number of rotatable bonds is 4. The van der Waals surface area contributed by atoms with Gasteiger partial charge in [0.2, 0.25) is 0 Å². The summed E-state index contributed by atoms with van der Waals surface area (Å²) in [7, 11) is 0. The molecule has 0 unspecified atom stereocenters. The molecule has 0 saturated heterocycles. The molecule has 1 aromatic rings. The number of para-hydroxylation sites is 1. The molecule has 0 spiro atoms. The second-order valence-electron chi connectivity index (χ2n) is 2.68. The molecule has 0 bridgehead atoms. The van der Waals surface area contributed by atoms with Crippen LogP contribution in [0.25, 0.3) is 0 Å². The van der Waals surface area contributed by atoms with Gasteiger partial charge in [-0.15, -0.1) is 0 Å². The summed E-state index contributed by atoms with van der Waals surface area (Å²) in [6.07, 6.45) is 0. The molecule has 0 saturated carbocycles. The van der Waals surface area contributed by atoms with Crippen LogP contribution < -0.4 is 15.8 Å². The first-order valence-electron chi connectivity index (χ1n) is 4.54. The number of anilines is 2. The topological polar surface area (TPSA) is 47.3 Å². The second-order valence-corrected chi connectivity index (χ2v) is 2.68. The minimum Gasteiger partial charge on any atom is -0.492 e. The summed E-state index contributed by atoms with van der Waals surface area (Å²) < 4.78 is 5.36. The second kappa shape index (κ2) is 4.60. The van der Waals surface area contributed by atoms with Crippen molar-refractivity contribution in [3.8, 4) is 5.75 Å². The minimum atomic E-state index is 0.639. The van der Waals surface area contributed by atoms with Crippen LogP contribution >= 0.6 is 0 Å². The first-order chi connectivity index (χ1) is 6.29. The van der Waals surface area contributed by atoms with Crippen molar-refractivity contribution in [3.63, 3.8) is 0 Å². The van der Waals surface area contributed by atoms with Gasteiger partial charge in [-0.3, -0.25) is 0 Å². The molecule has 0 aliphatic rings. The Kier molecular flexibility index (Phi) is 3.43. The van der Waals surface area contributed by atoms with Crippen LogP contribution in [-0.4, -0.2) is 13.2 Å². The van der Waals surface area contributed by atoms with Crippen molar-refractivity contribution >= 4 is 11.4 Å². The lowest BCUT2D eigenvalue weighted by molar-refractivity contribution is 0.342. The van der Waals surface area contributed by atoms with Gasteiger partial charge >= 0.3 is 0 Å². The molecule has 0 aliphatic heterocycles. The van der Waals surface area contributed by atoms with Crippen LogP contribution in [0.15, 0.2) is 18.2 Å². The van der Waals surface area contributed by atoms with Crippen LogP contribution in [0, 0.1) is 0 Å². The highest BCUT2D eigenvalue weighted by Crippen LogP contribution is 2.28. The summed E-state index contributed by atoms with van der Waals surface area (Å²) in [5, 5.41) is 3.17. The van der Waals surface area contributed by atoms with Gasteiger partial charge in [-0.1, -0.05) is 6.07 Å². The number of ether oxygens (including phenoxy) is 1. The van der Waals surface area contributed by atoms with Crippen LogP contribution in [0.2, 0.25) is 0 Å². The van der Waals surface area contributed by atoms with Crippen LogP contribution in [0.5, 0.6) is 5.75 Å². The molecule has 0 aliphatic carbocycles. The third-order valence-corrected chi connectivity index (χ3v) is 1.73. The Bertz CT molecular complexity index is 249. The molecule has 0 atom stereocenters. The van der Waals surface area contributed by atoms with E-state index in [-0.39, 0.29) is 0 Å². The Morgan fingerprint density at radius 3 is 2.77 bits per heavy atom. The van der Waals surface area contributed by atoms with Gasteiger partial charge in [-0.25, -0.2) is 0 Å². The molecule has 3 N–H and O–H groups in total. The maximum atomic E-state index is 5.87. The molecular formula is C10H16N2O. The first-order valence-corrected chi connectivity index (χ1v) is 4.54. The third kappa shape index (κ3) is 2.28. The average Bonchev–Trinajstić information content (AvgIpc) is 2.13. The average molecular weight is 180 g/mol. The van der Waals surface area contributed by atoms with Gasteiger partial charge in [0.25, 0.3) is 0 Å². The minimum absolute atomic E-state index is 0.639. The summed E-state index contributed by atoms with van der Waals surface area (Å²) >= 11 is 0. The molecule has 3 nitrogen and oxygen atoms in total. The Hall–Kier alpha value is -1.38. The van der Waals surface area contributed by atoms with Gasteiger partial charge in [-0.2, -0.15) is 0 Å². The molecule has 3 heteroatoms. The highest BCUT2D eigenvalue weighted by molar-refractivity contribution is 5.72. The van der Waals surface area contributed by atoms with Gasteiger partial charge in [0.1, 0.15) is 5.75 Å². The number of nitrogen functional groups attached to an aromatic ring is 1. The van der Waals surface area contributed by atoms with E-state index in [4.69, 9.17) is 10.5 Å². The van der Waals surface area contributed by atoms with Crippen LogP contribution in [0.3, 0.4) is 0 Å². The molecule has 72 valence electrons. The van der Waals surface area contributed by atoms with Gasteiger partial charge in [-0.05, 0) is 26.0 Å². The highest BCUT2D eigenvalue weighted by atomic mass is 16.5. The van der Waals surface area contributed by atoms with Crippen molar-refractivity contribution in [1.82, 2.24) is 0 Å². The number of nitrogens with two attached hydrogens (primary N) is 1. The molecule has 0 radical (unpaired) electrons. The maximum Gasteiger partial charge on any atom is 0.144 e. The molecule has 0 fully saturated rings. The van der Waals surface area contributed by atoms with E-state index >= 15 is 0 Å². The van der Waals surface area contributed by atoms with Gasteiger partial charge in [0, 0.05) is 6.54 Å². The fourth-order valence-electron chi connectivity index (χ4n) is 1.17. The zero-order valence-electron chi connectivity index (χ0n) is 8.13. The van der Waals surface area contributed by atoms with E-state index in [0.717, 1.165) is 18.0 Å². The quantitative estimate of drug-likeness (QED) is 0.697. The van der Waals surface area contributed by atoms with Crippen molar-refractivity contribution in [1.29, 1.82) is 0 Å². The lowest BCUT2D eigenvalue weighted by Crippen LogP contribution is -2.03. The molecule has 13 heavy (non-hydrogen) atoms. The standard InChI is InChI=1S/C10H16N2O/c1-3-12-8-6-5-7-9(10(8)11)13-4-2/h5-7,12H,3-4,11H2,1-2H3. The highest BCUT2D eigenvalue weighted by Gasteiger charge is 2.03. The lowest BCUT2D eigenvalue weighted by Gasteiger charge is -2.11. The zero-order valence-corrected chi connectivity index (χ0v) is 8.13. The van der Waals surface area contributed by atoms with Gasteiger partial charge in [0.15, 0.2) is 0 Å². The van der Waals surface area contributed by atoms with E-state index in [1.165, 1.54) is 0 Å². The molecule has 0 amide bonds. The van der Waals surface area contributed by atoms with Crippen LogP contribution in [0.4, 0.5) is 11.4 Å². The normalized spacial score (nSPS) is 9.69. The van der Waals surface area contributed by atoms with Crippen molar-refractivity contribution in [2.24, 2.45) is 0 Å². The summed E-state index contributed by atoms with van der Waals surface area (Å²) in [5.74, 6) is 0.751. The van der Waals surface area contributed by atoms with Crippen molar-refractivity contribution in [3.05, 3.63) is 18.2 Å². The van der Waals surface area contributed by atoms with E-state index < -0.39 is 0 Å². The molecule has 1 aromatic carbocycles. The zero-order chi connectivity index (χ0) is 9.68. The van der Waals surface area contributed by atoms with Crippen molar-refractivity contribution in [2.75, 3.05) is 24.2 Å². The number of hydrogen-bond acceptors (Lipinski definition) is 3. The Labute approximate surface area is 78.9 Å². The van der Waals surface area contributed by atoms with Crippen LogP contribution in [0.1, 0.15) is 13.8 Å². The number of nitrogens with one attached hydrogen (secondary N) is 1. The summed E-state index contributed by atoms with van der Waals surface area (Å²) in [5.41, 5.74) is 7.49. The predicted molar refractivity (Wildman–Crippen MR) is 56.2 cm³/mol. The van der Waals surface area contributed by atoms with E-state index in [0.29, 0.717) is 12.3 Å². The monoisotopic (exact) mass is 180 g/mol. The Balaban J connectivity index is 2.89. The Morgan fingerprint density at radius 1 is 1.38 bits per heavy atom. The Morgan fingerprint density at radius 2 is 2.15 bits per heavy atom. The number of hydrogen-bond donors (Lipinski definition) is 2. The predicted octanol–water partition coefficient (Wildman–Crippen LogP) is 2.10. The van der Waals surface area contributed by atoms with Crippen LogP contribution in [-0.2, 0) is 0 Å². The summed E-state index contributed by atoms with van der Waals surface area (Å²) in [6, 6.07) is 5.75. The van der Waals surface area contributed by atoms with Gasteiger partial charge < -0.3 is 15.8 Å². The summed E-state index contributed by atoms with van der Waals surface area (Å²) in [6.45, 7) is 5.48. The lowest BCUT2D eigenvalue weighted by atomic mass is 10.2. The molecule has 0 aromatic heterocycles. The molecular weight excluding hydrogens is 164 g/mol. The number of benzene rings is 1.